The Bertz CT molecular complexity index is 482. The van der Waals surface area contributed by atoms with Gasteiger partial charge in [0.05, 0.1) is 0 Å². The molecule has 136 valence electrons. The van der Waals surface area contributed by atoms with Gasteiger partial charge >= 0.3 is 26.2 Å². The Hall–Kier alpha value is 0.510. The zero-order valence-corrected chi connectivity index (χ0v) is 20.3. The fourth-order valence-electron chi connectivity index (χ4n) is 4.49. The fraction of sp³-hybridized carbons (Fsp3) is 0.571. The Labute approximate surface area is 187 Å². The third-order valence-electron chi connectivity index (χ3n) is 5.91. The molecule has 0 bridgehead atoms. The molecule has 0 aromatic heterocycles. The van der Waals surface area contributed by atoms with Crippen LogP contribution in [0.1, 0.15) is 51.9 Å². The normalized spacial score (nSPS) is 23.8. The summed E-state index contributed by atoms with van der Waals surface area (Å²) in [5.41, 5.74) is 3.83. The summed E-state index contributed by atoms with van der Waals surface area (Å²) in [5, 5.41) is 0. The zero-order valence-electron chi connectivity index (χ0n) is 15.4. The van der Waals surface area contributed by atoms with E-state index in [1.807, 2.05) is 23.3 Å². The van der Waals surface area contributed by atoms with Crippen LogP contribution in [-0.2, 0) is 26.2 Å². The topological polar surface area (TPSA) is 0 Å². The molecule has 4 aliphatic rings. The van der Waals surface area contributed by atoms with E-state index in [0.717, 1.165) is 12.3 Å². The minimum atomic E-state index is -0.924. The van der Waals surface area contributed by atoms with Gasteiger partial charge in [0.2, 0.25) is 0 Å². The molecule has 1 unspecified atom stereocenters. The standard InChI is InChI=1S/C16H25Si.C5H5.2ClH.Zr/c1-2-3-11-17(12-6-13-17)16-10-9-14-7-4-5-8-15(14)16;1-2-4-5-3-1;;;/h4-5,8,14H,2-3,6-7,9-13H2,1H3;1-3H,4H2;2*1H;/q2*-1;;;+4/p-2. The molecule has 1 saturated heterocycles. The molecule has 0 nitrogen and oxygen atoms in total. The van der Waals surface area contributed by atoms with Gasteiger partial charge in [-0.15, -0.1) is 18.6 Å². The van der Waals surface area contributed by atoms with Gasteiger partial charge in [-0.2, -0.15) is 6.08 Å². The van der Waals surface area contributed by atoms with Gasteiger partial charge in [-0.3, -0.25) is 6.08 Å². The Morgan fingerprint density at radius 2 is 2.00 bits per heavy atom. The molecule has 2 fully saturated rings. The average Bonchev–Trinajstić information content (AvgIpc) is 3.20. The van der Waals surface area contributed by atoms with Crippen LogP contribution in [0.3, 0.4) is 0 Å². The largest absolute Gasteiger partial charge is 4.00 e. The van der Waals surface area contributed by atoms with E-state index in [2.05, 4.69) is 37.3 Å². The van der Waals surface area contributed by atoms with Crippen molar-refractivity contribution >= 4 is 8.07 Å². The summed E-state index contributed by atoms with van der Waals surface area (Å²) in [6.45, 7) is 2.35. The molecule has 25 heavy (non-hydrogen) atoms. The summed E-state index contributed by atoms with van der Waals surface area (Å²) in [4.78, 5) is 0. The maximum absolute atomic E-state index is 2.99. The van der Waals surface area contributed by atoms with Crippen molar-refractivity contribution in [2.24, 2.45) is 5.92 Å². The molecule has 0 amide bonds. The van der Waals surface area contributed by atoms with Gasteiger partial charge in [-0.05, 0) is 20.4 Å². The third kappa shape index (κ3) is 6.27. The molecule has 0 aromatic carbocycles. The molecule has 4 rings (SSSR count). The number of allylic oxidation sites excluding steroid dienone is 8. The monoisotopic (exact) mass is 470 g/mol. The number of unbranched alkanes of at least 4 members (excludes halogenated alkanes) is 1. The van der Waals surface area contributed by atoms with Crippen molar-refractivity contribution < 1.29 is 51.0 Å². The molecule has 0 aromatic rings. The maximum atomic E-state index is 2.99. The predicted octanol–water partition coefficient (Wildman–Crippen LogP) is 0.360. The van der Waals surface area contributed by atoms with Gasteiger partial charge in [0, 0.05) is 0 Å². The number of fused-ring (bicyclic) bond motifs is 1. The quantitative estimate of drug-likeness (QED) is 0.410. The molecule has 1 atom stereocenters. The SMILES string of the molecule is CCCC[Si]1([C-]2CCC3CC=CC=C23)CCC1.[C-]1=CC=CC1.[Cl-].[Cl-].[Zr+4]. The summed E-state index contributed by atoms with van der Waals surface area (Å²) >= 11 is 0. The second kappa shape index (κ2) is 12.8. The number of hydrogen-bond donors (Lipinski definition) is 0. The molecule has 0 spiro atoms. The van der Waals surface area contributed by atoms with E-state index in [1.165, 1.54) is 38.5 Å². The fourth-order valence-corrected chi connectivity index (χ4v) is 9.71. The van der Waals surface area contributed by atoms with Crippen molar-refractivity contribution in [3.63, 3.8) is 0 Å². The van der Waals surface area contributed by atoms with Crippen molar-refractivity contribution in [3.8, 4) is 0 Å². The van der Waals surface area contributed by atoms with Crippen molar-refractivity contribution in [2.75, 3.05) is 0 Å². The van der Waals surface area contributed by atoms with E-state index in [0.29, 0.717) is 0 Å². The Morgan fingerprint density at radius 1 is 1.20 bits per heavy atom. The second-order valence-corrected chi connectivity index (χ2v) is 11.9. The van der Waals surface area contributed by atoms with Gasteiger partial charge in [0.15, 0.2) is 0 Å². The number of hydrogen-bond acceptors (Lipinski definition) is 0. The minimum absolute atomic E-state index is 0. The molecule has 1 aliphatic heterocycles. The first-order valence-corrected chi connectivity index (χ1v) is 11.9. The summed E-state index contributed by atoms with van der Waals surface area (Å²) in [7, 11) is -0.924. The summed E-state index contributed by atoms with van der Waals surface area (Å²) in [6.07, 6.45) is 25.8. The molecule has 1 heterocycles. The van der Waals surface area contributed by atoms with E-state index in [4.69, 9.17) is 0 Å². The summed E-state index contributed by atoms with van der Waals surface area (Å²) in [5.74, 6) is 0.918. The third-order valence-corrected chi connectivity index (χ3v) is 11.7. The number of halogens is 2. The molecular weight excluding hydrogens is 442 g/mol. The maximum Gasteiger partial charge on any atom is 4.00 e. The first-order chi connectivity index (χ1) is 10.9. The van der Waals surface area contributed by atoms with Crippen LogP contribution in [0.2, 0.25) is 18.1 Å². The van der Waals surface area contributed by atoms with E-state index in [-0.39, 0.29) is 51.0 Å². The molecule has 0 radical (unpaired) electrons. The van der Waals surface area contributed by atoms with Crippen LogP contribution in [0.15, 0.2) is 42.0 Å². The van der Waals surface area contributed by atoms with Crippen LogP contribution in [0.5, 0.6) is 0 Å². The van der Waals surface area contributed by atoms with Gasteiger partial charge in [0.1, 0.15) is 0 Å². The van der Waals surface area contributed by atoms with Crippen LogP contribution >= 0.6 is 0 Å². The molecule has 1 saturated carbocycles. The van der Waals surface area contributed by atoms with Crippen molar-refractivity contribution in [3.05, 3.63) is 53.6 Å². The van der Waals surface area contributed by atoms with Gasteiger partial charge in [-0.1, -0.05) is 57.2 Å². The van der Waals surface area contributed by atoms with Crippen LogP contribution in [0.25, 0.3) is 0 Å². The smallest absolute Gasteiger partial charge is 1.00 e. The minimum Gasteiger partial charge on any atom is -1.00 e. The molecule has 4 heteroatoms. The van der Waals surface area contributed by atoms with Crippen LogP contribution < -0.4 is 24.8 Å². The van der Waals surface area contributed by atoms with Gasteiger partial charge < -0.3 is 24.8 Å². The van der Waals surface area contributed by atoms with E-state index in [1.54, 1.807) is 18.1 Å². The van der Waals surface area contributed by atoms with E-state index in [9.17, 15) is 0 Å². The Balaban J connectivity index is 0.000000630. The van der Waals surface area contributed by atoms with Crippen LogP contribution in [0.4, 0.5) is 0 Å². The Morgan fingerprint density at radius 3 is 2.52 bits per heavy atom. The number of rotatable bonds is 4. The van der Waals surface area contributed by atoms with Gasteiger partial charge in [0.25, 0.3) is 0 Å². The first-order valence-electron chi connectivity index (χ1n) is 9.31. The summed E-state index contributed by atoms with van der Waals surface area (Å²) in [6, 6.07) is 4.85. The Kier molecular flexibility index (Phi) is 13.1. The van der Waals surface area contributed by atoms with E-state index >= 15 is 0 Å². The molecule has 0 N–H and O–H groups in total. The van der Waals surface area contributed by atoms with Crippen molar-refractivity contribution in [2.45, 2.75) is 70.0 Å². The predicted molar refractivity (Wildman–Crippen MR) is 99.1 cm³/mol. The van der Waals surface area contributed by atoms with Crippen LogP contribution in [0, 0.1) is 17.5 Å². The zero-order chi connectivity index (χ0) is 15.3. The molecular formula is C21H30Cl2SiZr. The second-order valence-electron chi connectivity index (χ2n) is 7.24. The van der Waals surface area contributed by atoms with Gasteiger partial charge in [-0.25, -0.2) is 29.3 Å². The average molecular weight is 473 g/mol. The summed E-state index contributed by atoms with van der Waals surface area (Å²) < 4.78 is 0. The van der Waals surface area contributed by atoms with E-state index < -0.39 is 8.07 Å². The van der Waals surface area contributed by atoms with Crippen molar-refractivity contribution in [1.29, 1.82) is 0 Å². The first kappa shape index (κ1) is 25.5. The molecule has 3 aliphatic carbocycles. The van der Waals surface area contributed by atoms with Crippen molar-refractivity contribution in [1.82, 2.24) is 0 Å². The van der Waals surface area contributed by atoms with Crippen LogP contribution in [-0.4, -0.2) is 8.07 Å².